The molecule has 24 heavy (non-hydrogen) atoms. The van der Waals surface area contributed by atoms with Crippen molar-refractivity contribution in [1.82, 2.24) is 14.5 Å². The summed E-state index contributed by atoms with van der Waals surface area (Å²) in [5.41, 5.74) is 2.19. The lowest BCUT2D eigenvalue weighted by Crippen LogP contribution is -2.33. The molecule has 0 bridgehead atoms. The van der Waals surface area contributed by atoms with Crippen molar-refractivity contribution in [3.63, 3.8) is 0 Å². The van der Waals surface area contributed by atoms with Crippen molar-refractivity contribution in [1.29, 1.82) is 0 Å². The van der Waals surface area contributed by atoms with Crippen molar-refractivity contribution in [3.8, 4) is 11.3 Å². The SMILES string of the molecule is O=C(C1CC1)N1CC[C@@]2(Cc3ncc(-c4ccc(F)cc4)n3C2)C1. The van der Waals surface area contributed by atoms with E-state index in [0.717, 1.165) is 62.4 Å². The molecule has 4 nitrogen and oxygen atoms in total. The molecule has 3 aliphatic rings. The van der Waals surface area contributed by atoms with Gasteiger partial charge in [-0.25, -0.2) is 9.37 Å². The highest BCUT2D eigenvalue weighted by Crippen LogP contribution is 2.44. The average molecular weight is 325 g/mol. The molecule has 124 valence electrons. The van der Waals surface area contributed by atoms with E-state index in [1.54, 1.807) is 0 Å². The average Bonchev–Trinajstić information content (AvgIpc) is 3.11. The topological polar surface area (TPSA) is 38.1 Å². The lowest BCUT2D eigenvalue weighted by Gasteiger charge is -2.23. The molecule has 1 aromatic heterocycles. The molecule has 1 aliphatic carbocycles. The number of rotatable bonds is 2. The zero-order valence-corrected chi connectivity index (χ0v) is 13.5. The first-order chi connectivity index (χ1) is 11.6. The molecule has 1 spiro atoms. The highest BCUT2D eigenvalue weighted by Gasteiger charge is 2.47. The Balaban J connectivity index is 1.39. The molecule has 1 saturated carbocycles. The molecular weight excluding hydrogens is 305 g/mol. The molecule has 0 unspecified atom stereocenters. The van der Waals surface area contributed by atoms with Gasteiger partial charge in [-0.2, -0.15) is 0 Å². The Kier molecular flexibility index (Phi) is 2.91. The first kappa shape index (κ1) is 14.2. The van der Waals surface area contributed by atoms with Crippen LogP contribution in [0.2, 0.25) is 0 Å². The molecule has 1 aromatic carbocycles. The molecule has 5 rings (SSSR count). The molecule has 1 amide bonds. The van der Waals surface area contributed by atoms with Crippen LogP contribution in [-0.2, 0) is 17.8 Å². The summed E-state index contributed by atoms with van der Waals surface area (Å²) in [7, 11) is 0. The van der Waals surface area contributed by atoms with Crippen LogP contribution < -0.4 is 0 Å². The predicted octanol–water partition coefficient (Wildman–Crippen LogP) is 2.87. The quantitative estimate of drug-likeness (QED) is 0.851. The third-order valence-electron chi connectivity index (χ3n) is 5.78. The minimum absolute atomic E-state index is 0.142. The highest BCUT2D eigenvalue weighted by molar-refractivity contribution is 5.81. The molecule has 0 radical (unpaired) electrons. The number of carbonyl (C=O) groups is 1. The third-order valence-corrected chi connectivity index (χ3v) is 5.78. The van der Waals surface area contributed by atoms with E-state index in [1.807, 2.05) is 18.3 Å². The molecule has 1 saturated heterocycles. The van der Waals surface area contributed by atoms with E-state index >= 15 is 0 Å². The monoisotopic (exact) mass is 325 g/mol. The largest absolute Gasteiger partial charge is 0.342 e. The number of benzene rings is 1. The van der Waals surface area contributed by atoms with Crippen molar-refractivity contribution in [2.45, 2.75) is 32.2 Å². The van der Waals surface area contributed by atoms with Gasteiger partial charge in [-0.1, -0.05) is 0 Å². The summed E-state index contributed by atoms with van der Waals surface area (Å²) in [6.45, 7) is 2.64. The molecule has 2 aromatic rings. The summed E-state index contributed by atoms with van der Waals surface area (Å²) in [5.74, 6) is 1.53. The zero-order valence-electron chi connectivity index (χ0n) is 13.5. The minimum Gasteiger partial charge on any atom is -0.342 e. The van der Waals surface area contributed by atoms with Gasteiger partial charge in [0, 0.05) is 37.4 Å². The lowest BCUT2D eigenvalue weighted by molar-refractivity contribution is -0.131. The molecule has 1 atom stereocenters. The summed E-state index contributed by atoms with van der Waals surface area (Å²) in [6, 6.07) is 6.60. The Hall–Kier alpha value is -2.17. The summed E-state index contributed by atoms with van der Waals surface area (Å²) < 4.78 is 15.4. The van der Waals surface area contributed by atoms with Gasteiger partial charge >= 0.3 is 0 Å². The number of fused-ring (bicyclic) bond motifs is 1. The second-order valence-electron chi connectivity index (χ2n) is 7.61. The van der Waals surface area contributed by atoms with Crippen LogP contribution in [0.3, 0.4) is 0 Å². The number of carbonyl (C=O) groups excluding carboxylic acids is 1. The lowest BCUT2D eigenvalue weighted by atomic mass is 9.86. The van der Waals surface area contributed by atoms with E-state index in [1.165, 1.54) is 12.1 Å². The van der Waals surface area contributed by atoms with Gasteiger partial charge < -0.3 is 9.47 Å². The molecule has 3 heterocycles. The number of amides is 1. The summed E-state index contributed by atoms with van der Waals surface area (Å²) in [6.07, 6.45) is 6.01. The Morgan fingerprint density at radius 1 is 1.21 bits per heavy atom. The van der Waals surface area contributed by atoms with Gasteiger partial charge in [0.25, 0.3) is 0 Å². The van der Waals surface area contributed by atoms with E-state index in [4.69, 9.17) is 0 Å². The van der Waals surface area contributed by atoms with Crippen LogP contribution in [0.25, 0.3) is 11.3 Å². The summed E-state index contributed by atoms with van der Waals surface area (Å²) in [5, 5.41) is 0. The van der Waals surface area contributed by atoms with Crippen LogP contribution in [-0.4, -0.2) is 33.4 Å². The molecular formula is C19H20FN3O. The summed E-state index contributed by atoms with van der Waals surface area (Å²) >= 11 is 0. The van der Waals surface area contributed by atoms with Crippen molar-refractivity contribution >= 4 is 5.91 Å². The van der Waals surface area contributed by atoms with Crippen molar-refractivity contribution < 1.29 is 9.18 Å². The maximum Gasteiger partial charge on any atom is 0.225 e. The van der Waals surface area contributed by atoms with Crippen molar-refractivity contribution in [2.24, 2.45) is 11.3 Å². The van der Waals surface area contributed by atoms with Crippen LogP contribution in [0.1, 0.15) is 25.1 Å². The maximum atomic E-state index is 13.2. The fraction of sp³-hybridized carbons (Fsp3) is 0.474. The van der Waals surface area contributed by atoms with Gasteiger partial charge in [-0.3, -0.25) is 4.79 Å². The number of hydrogen-bond acceptors (Lipinski definition) is 2. The van der Waals surface area contributed by atoms with Gasteiger partial charge in [-0.05, 0) is 49.1 Å². The maximum absolute atomic E-state index is 13.2. The van der Waals surface area contributed by atoms with Crippen LogP contribution in [0.4, 0.5) is 4.39 Å². The third kappa shape index (κ3) is 2.18. The van der Waals surface area contributed by atoms with E-state index in [-0.39, 0.29) is 11.2 Å². The number of aromatic nitrogens is 2. The van der Waals surface area contributed by atoms with Gasteiger partial charge in [0.1, 0.15) is 11.6 Å². The number of halogens is 1. The van der Waals surface area contributed by atoms with Gasteiger partial charge in [-0.15, -0.1) is 0 Å². The standard InChI is InChI=1S/C19H20FN3O/c20-15-5-3-13(4-6-15)16-10-21-17-9-19(12-23(16)17)7-8-22(11-19)18(24)14-1-2-14/h3-6,10,14H,1-2,7-9,11-12H2/t19-/m1/s1. The number of likely N-dealkylation sites (tertiary alicyclic amines) is 1. The summed E-state index contributed by atoms with van der Waals surface area (Å²) in [4.78, 5) is 19.0. The van der Waals surface area contributed by atoms with E-state index in [2.05, 4.69) is 14.5 Å². The molecule has 0 N–H and O–H groups in total. The van der Waals surface area contributed by atoms with Gasteiger partial charge in [0.2, 0.25) is 5.91 Å². The second-order valence-corrected chi connectivity index (χ2v) is 7.61. The number of hydrogen-bond donors (Lipinski definition) is 0. The van der Waals surface area contributed by atoms with Crippen LogP contribution in [0.5, 0.6) is 0 Å². The zero-order chi connectivity index (χ0) is 16.3. The van der Waals surface area contributed by atoms with Crippen molar-refractivity contribution in [3.05, 3.63) is 42.1 Å². The second kappa shape index (κ2) is 4.91. The molecule has 2 fully saturated rings. The Morgan fingerprint density at radius 2 is 2.00 bits per heavy atom. The van der Waals surface area contributed by atoms with Crippen molar-refractivity contribution in [2.75, 3.05) is 13.1 Å². The smallest absolute Gasteiger partial charge is 0.225 e. The first-order valence-corrected chi connectivity index (χ1v) is 8.73. The fourth-order valence-corrected chi connectivity index (χ4v) is 4.29. The van der Waals surface area contributed by atoms with E-state index < -0.39 is 0 Å². The predicted molar refractivity (Wildman–Crippen MR) is 87.7 cm³/mol. The molecule has 5 heteroatoms. The van der Waals surface area contributed by atoms with Gasteiger partial charge in [0.15, 0.2) is 0 Å². The van der Waals surface area contributed by atoms with Crippen LogP contribution in [0.15, 0.2) is 30.5 Å². The van der Waals surface area contributed by atoms with Crippen LogP contribution >= 0.6 is 0 Å². The Labute approximate surface area is 140 Å². The van der Waals surface area contributed by atoms with E-state index in [0.29, 0.717) is 11.8 Å². The van der Waals surface area contributed by atoms with E-state index in [9.17, 15) is 9.18 Å². The highest BCUT2D eigenvalue weighted by atomic mass is 19.1. The Bertz CT molecular complexity index is 809. The number of nitrogens with zero attached hydrogens (tertiary/aromatic N) is 3. The fourth-order valence-electron chi connectivity index (χ4n) is 4.29. The molecule has 2 aliphatic heterocycles. The number of imidazole rings is 1. The normalized spacial score (nSPS) is 25.5. The Morgan fingerprint density at radius 3 is 2.75 bits per heavy atom. The first-order valence-electron chi connectivity index (χ1n) is 8.73. The van der Waals surface area contributed by atoms with Gasteiger partial charge in [0.05, 0.1) is 11.9 Å². The minimum atomic E-state index is -0.221. The van der Waals surface area contributed by atoms with Crippen LogP contribution in [0, 0.1) is 17.2 Å².